The van der Waals surface area contributed by atoms with Crippen LogP contribution in [0.5, 0.6) is 0 Å². The Kier molecular flexibility index (Phi) is 6.90. The monoisotopic (exact) mass is 258 g/mol. The molecule has 0 spiro atoms. The van der Waals surface area contributed by atoms with Gasteiger partial charge in [0.1, 0.15) is 0 Å². The van der Waals surface area contributed by atoms with Crippen LogP contribution < -0.4 is 5.73 Å². The molecule has 102 valence electrons. The molecule has 0 saturated heterocycles. The van der Waals surface area contributed by atoms with Gasteiger partial charge in [-0.3, -0.25) is 0 Å². The van der Waals surface area contributed by atoms with E-state index in [4.69, 9.17) is 5.73 Å². The Balaban J connectivity index is 2.35. The minimum absolute atomic E-state index is 0.432. The lowest BCUT2D eigenvalue weighted by molar-refractivity contribution is 0.153. The molecule has 1 saturated carbocycles. The van der Waals surface area contributed by atoms with Gasteiger partial charge in [0.05, 0.1) is 0 Å². The predicted octanol–water partition coefficient (Wildman–Crippen LogP) is 2.82. The molecule has 1 fully saturated rings. The molecule has 1 aliphatic carbocycles. The van der Waals surface area contributed by atoms with Crippen molar-refractivity contribution in [3.63, 3.8) is 0 Å². The lowest BCUT2D eigenvalue weighted by Gasteiger charge is -2.37. The summed E-state index contributed by atoms with van der Waals surface area (Å²) < 4.78 is 0. The van der Waals surface area contributed by atoms with Gasteiger partial charge in [0.2, 0.25) is 0 Å². The Morgan fingerprint density at radius 2 is 2.12 bits per heavy atom. The number of thioether (sulfide) groups is 1. The second-order valence-corrected chi connectivity index (χ2v) is 6.90. The maximum atomic E-state index is 6.26. The molecule has 0 aromatic carbocycles. The van der Waals surface area contributed by atoms with Crippen LogP contribution in [0.15, 0.2) is 0 Å². The summed E-state index contributed by atoms with van der Waals surface area (Å²) in [5, 5.41) is 0. The van der Waals surface area contributed by atoms with Crippen molar-refractivity contribution >= 4 is 11.8 Å². The van der Waals surface area contributed by atoms with Crippen LogP contribution in [0.1, 0.15) is 39.5 Å². The highest BCUT2D eigenvalue weighted by atomic mass is 32.2. The first-order valence-corrected chi connectivity index (χ1v) is 8.38. The molecule has 0 radical (unpaired) electrons. The Labute approximate surface area is 112 Å². The van der Waals surface area contributed by atoms with Crippen molar-refractivity contribution in [2.24, 2.45) is 17.6 Å². The van der Waals surface area contributed by atoms with Crippen molar-refractivity contribution in [1.82, 2.24) is 4.90 Å². The number of hydrogen-bond acceptors (Lipinski definition) is 3. The molecule has 17 heavy (non-hydrogen) atoms. The Morgan fingerprint density at radius 1 is 1.41 bits per heavy atom. The van der Waals surface area contributed by atoms with Crippen molar-refractivity contribution in [1.29, 1.82) is 0 Å². The van der Waals surface area contributed by atoms with Crippen molar-refractivity contribution in [3.05, 3.63) is 0 Å². The van der Waals surface area contributed by atoms with Crippen LogP contribution in [-0.2, 0) is 0 Å². The van der Waals surface area contributed by atoms with E-state index in [9.17, 15) is 0 Å². The fourth-order valence-corrected chi connectivity index (χ4v) is 3.37. The maximum Gasteiger partial charge on any atom is 0.00795 e. The zero-order chi connectivity index (χ0) is 12.8. The normalized spacial score (nSPS) is 31.8. The summed E-state index contributed by atoms with van der Waals surface area (Å²) >= 11 is 1.94. The molecular weight excluding hydrogens is 228 g/mol. The molecule has 2 N–H and O–H groups in total. The molecule has 4 atom stereocenters. The second kappa shape index (κ2) is 7.65. The molecule has 0 aromatic heterocycles. The van der Waals surface area contributed by atoms with E-state index in [1.807, 2.05) is 11.8 Å². The molecule has 3 heteroatoms. The number of hydrogen-bond donors (Lipinski definition) is 1. The van der Waals surface area contributed by atoms with Gasteiger partial charge in [-0.2, -0.15) is 11.8 Å². The SMILES string of the molecule is CSCCC(C)N(C)CC1CC(C)CCC1N. The first-order chi connectivity index (χ1) is 8.04. The van der Waals surface area contributed by atoms with E-state index < -0.39 is 0 Å². The minimum Gasteiger partial charge on any atom is -0.327 e. The average molecular weight is 258 g/mol. The van der Waals surface area contributed by atoms with Crippen molar-refractivity contribution in [2.75, 3.05) is 25.6 Å². The van der Waals surface area contributed by atoms with Gasteiger partial charge < -0.3 is 10.6 Å². The summed E-state index contributed by atoms with van der Waals surface area (Å²) in [6.45, 7) is 5.89. The van der Waals surface area contributed by atoms with E-state index in [0.29, 0.717) is 18.0 Å². The van der Waals surface area contributed by atoms with Gasteiger partial charge in [0, 0.05) is 18.6 Å². The summed E-state index contributed by atoms with van der Waals surface area (Å²) in [6.07, 6.45) is 7.34. The van der Waals surface area contributed by atoms with Crippen molar-refractivity contribution < 1.29 is 0 Å². The first kappa shape index (κ1) is 15.3. The highest BCUT2D eigenvalue weighted by Gasteiger charge is 2.27. The molecule has 0 amide bonds. The third-order valence-electron chi connectivity index (χ3n) is 4.32. The zero-order valence-electron chi connectivity index (χ0n) is 12.0. The minimum atomic E-state index is 0.432. The van der Waals surface area contributed by atoms with Crippen LogP contribution in [0.4, 0.5) is 0 Å². The predicted molar refractivity (Wildman–Crippen MR) is 79.6 cm³/mol. The third-order valence-corrected chi connectivity index (χ3v) is 4.96. The van der Waals surface area contributed by atoms with Crippen LogP contribution in [0.2, 0.25) is 0 Å². The smallest absolute Gasteiger partial charge is 0.00795 e. The topological polar surface area (TPSA) is 29.3 Å². The van der Waals surface area contributed by atoms with Crippen LogP contribution in [0.3, 0.4) is 0 Å². The van der Waals surface area contributed by atoms with Crippen LogP contribution in [0.25, 0.3) is 0 Å². The van der Waals surface area contributed by atoms with E-state index >= 15 is 0 Å². The zero-order valence-corrected chi connectivity index (χ0v) is 12.8. The van der Waals surface area contributed by atoms with Gasteiger partial charge in [-0.25, -0.2) is 0 Å². The molecule has 1 aliphatic rings. The summed E-state index contributed by atoms with van der Waals surface area (Å²) in [5.74, 6) is 2.84. The van der Waals surface area contributed by atoms with E-state index in [0.717, 1.165) is 5.92 Å². The molecule has 4 unspecified atom stereocenters. The number of rotatable bonds is 6. The Morgan fingerprint density at radius 3 is 2.76 bits per heavy atom. The fourth-order valence-electron chi connectivity index (χ4n) is 2.79. The molecule has 0 bridgehead atoms. The van der Waals surface area contributed by atoms with Crippen molar-refractivity contribution in [2.45, 2.75) is 51.6 Å². The van der Waals surface area contributed by atoms with E-state index in [2.05, 4.69) is 32.1 Å². The van der Waals surface area contributed by atoms with Crippen LogP contribution >= 0.6 is 11.8 Å². The van der Waals surface area contributed by atoms with Gasteiger partial charge >= 0.3 is 0 Å². The molecule has 0 aliphatic heterocycles. The summed E-state index contributed by atoms with van der Waals surface area (Å²) in [4.78, 5) is 2.51. The largest absolute Gasteiger partial charge is 0.327 e. The Bertz CT molecular complexity index is 210. The van der Waals surface area contributed by atoms with E-state index in [1.54, 1.807) is 0 Å². The van der Waals surface area contributed by atoms with Gasteiger partial charge in [-0.15, -0.1) is 0 Å². The lowest BCUT2D eigenvalue weighted by Crippen LogP contribution is -2.44. The second-order valence-electron chi connectivity index (χ2n) is 5.91. The average Bonchev–Trinajstić information content (AvgIpc) is 2.30. The maximum absolute atomic E-state index is 6.26. The summed E-state index contributed by atoms with van der Waals surface area (Å²) in [6, 6.07) is 1.12. The van der Waals surface area contributed by atoms with Gasteiger partial charge in [0.15, 0.2) is 0 Å². The first-order valence-electron chi connectivity index (χ1n) is 6.99. The van der Waals surface area contributed by atoms with Crippen molar-refractivity contribution in [3.8, 4) is 0 Å². The molecule has 1 rings (SSSR count). The van der Waals surface area contributed by atoms with Gasteiger partial charge in [-0.1, -0.05) is 6.92 Å². The number of nitrogens with two attached hydrogens (primary N) is 1. The van der Waals surface area contributed by atoms with Crippen LogP contribution in [-0.4, -0.2) is 42.6 Å². The number of nitrogens with zero attached hydrogens (tertiary/aromatic N) is 1. The molecule has 0 heterocycles. The highest BCUT2D eigenvalue weighted by molar-refractivity contribution is 7.98. The Hall–Kier alpha value is 0.270. The quantitative estimate of drug-likeness (QED) is 0.794. The lowest BCUT2D eigenvalue weighted by atomic mass is 9.79. The van der Waals surface area contributed by atoms with Crippen LogP contribution in [0, 0.1) is 11.8 Å². The van der Waals surface area contributed by atoms with Gasteiger partial charge in [0.25, 0.3) is 0 Å². The molecule has 0 aromatic rings. The summed E-state index contributed by atoms with van der Waals surface area (Å²) in [5.41, 5.74) is 6.26. The molecule has 2 nitrogen and oxygen atoms in total. The highest BCUT2D eigenvalue weighted by Crippen LogP contribution is 2.28. The van der Waals surface area contributed by atoms with E-state index in [1.165, 1.54) is 38.0 Å². The third kappa shape index (κ3) is 5.19. The molecular formula is C14H30N2S. The van der Waals surface area contributed by atoms with Gasteiger partial charge in [-0.05, 0) is 63.5 Å². The summed E-state index contributed by atoms with van der Waals surface area (Å²) in [7, 11) is 2.26. The standard InChI is InChI=1S/C14H30N2S/c1-11-5-6-14(15)13(9-11)10-16(3)12(2)7-8-17-4/h11-14H,5-10,15H2,1-4H3. The van der Waals surface area contributed by atoms with E-state index in [-0.39, 0.29) is 0 Å². The fraction of sp³-hybridized carbons (Fsp3) is 1.00.